The molecule has 1 saturated heterocycles. The molecule has 2 rings (SSSR count). The number of rotatable bonds is 1. The van der Waals surface area contributed by atoms with Gasteiger partial charge in [0.25, 0.3) is 0 Å². The van der Waals surface area contributed by atoms with Crippen molar-refractivity contribution < 1.29 is 9.59 Å². The van der Waals surface area contributed by atoms with Gasteiger partial charge in [0.1, 0.15) is 13.1 Å². The van der Waals surface area contributed by atoms with Crippen LogP contribution < -0.4 is 11.1 Å². The Morgan fingerprint density at radius 1 is 1.18 bits per heavy atom. The molecular formula is C11H18N4O2. The first-order valence-electron chi connectivity index (χ1n) is 6.06. The van der Waals surface area contributed by atoms with E-state index in [1.807, 2.05) is 0 Å². The van der Waals surface area contributed by atoms with Gasteiger partial charge in [-0.15, -0.1) is 0 Å². The van der Waals surface area contributed by atoms with Gasteiger partial charge < -0.3 is 10.6 Å². The van der Waals surface area contributed by atoms with E-state index in [9.17, 15) is 9.59 Å². The number of piperazine rings is 1. The zero-order valence-corrected chi connectivity index (χ0v) is 9.82. The van der Waals surface area contributed by atoms with Crippen LogP contribution in [0.5, 0.6) is 0 Å². The van der Waals surface area contributed by atoms with E-state index in [1.165, 1.54) is 24.2 Å². The summed E-state index contributed by atoms with van der Waals surface area (Å²) in [6.07, 6.45) is 5.72. The SMILES string of the molecule is NC(=NC1CCCCC1)N1CC(=O)NC(=O)C1. The average Bonchev–Trinajstić information content (AvgIpc) is 2.29. The molecule has 1 heterocycles. The van der Waals surface area contributed by atoms with E-state index in [4.69, 9.17) is 5.73 Å². The molecule has 1 aliphatic heterocycles. The largest absolute Gasteiger partial charge is 0.370 e. The van der Waals surface area contributed by atoms with Gasteiger partial charge in [-0.3, -0.25) is 14.9 Å². The number of nitrogens with zero attached hydrogens (tertiary/aromatic N) is 2. The van der Waals surface area contributed by atoms with Crippen molar-refractivity contribution in [2.24, 2.45) is 10.7 Å². The summed E-state index contributed by atoms with van der Waals surface area (Å²) in [6, 6.07) is 0.254. The third-order valence-corrected chi connectivity index (χ3v) is 3.16. The molecule has 0 aromatic carbocycles. The van der Waals surface area contributed by atoms with E-state index in [1.54, 1.807) is 0 Å². The van der Waals surface area contributed by atoms with Crippen molar-refractivity contribution in [3.63, 3.8) is 0 Å². The van der Waals surface area contributed by atoms with E-state index >= 15 is 0 Å². The van der Waals surface area contributed by atoms with E-state index in [2.05, 4.69) is 10.3 Å². The maximum absolute atomic E-state index is 11.2. The zero-order valence-electron chi connectivity index (χ0n) is 9.82. The highest BCUT2D eigenvalue weighted by Gasteiger charge is 2.24. The topological polar surface area (TPSA) is 87.8 Å². The number of guanidine groups is 1. The van der Waals surface area contributed by atoms with Crippen LogP contribution in [0, 0.1) is 0 Å². The lowest BCUT2D eigenvalue weighted by molar-refractivity contribution is -0.134. The summed E-state index contributed by atoms with van der Waals surface area (Å²) < 4.78 is 0. The third kappa shape index (κ3) is 3.18. The third-order valence-electron chi connectivity index (χ3n) is 3.16. The Morgan fingerprint density at radius 2 is 1.76 bits per heavy atom. The Morgan fingerprint density at radius 3 is 2.35 bits per heavy atom. The summed E-state index contributed by atoms with van der Waals surface area (Å²) >= 11 is 0. The van der Waals surface area contributed by atoms with Gasteiger partial charge in [0.2, 0.25) is 11.8 Å². The fraction of sp³-hybridized carbons (Fsp3) is 0.727. The standard InChI is InChI=1S/C11H18N4O2/c12-11(13-8-4-2-1-3-5-8)15-6-9(16)14-10(17)7-15/h8H,1-7H2,(H2,12,13)(H,14,16,17). The second-order valence-electron chi connectivity index (χ2n) is 4.61. The number of amides is 2. The van der Waals surface area contributed by atoms with Gasteiger partial charge >= 0.3 is 0 Å². The normalized spacial score (nSPS) is 23.8. The molecule has 0 aromatic heterocycles. The average molecular weight is 238 g/mol. The number of carbonyl (C=O) groups is 2. The maximum atomic E-state index is 11.2. The van der Waals surface area contributed by atoms with Crippen LogP contribution >= 0.6 is 0 Å². The van der Waals surface area contributed by atoms with Crippen molar-refractivity contribution in [1.82, 2.24) is 10.2 Å². The van der Waals surface area contributed by atoms with Gasteiger partial charge in [-0.1, -0.05) is 19.3 Å². The van der Waals surface area contributed by atoms with Crippen LogP contribution in [0.25, 0.3) is 0 Å². The van der Waals surface area contributed by atoms with Crippen LogP contribution in [-0.2, 0) is 9.59 Å². The minimum atomic E-state index is -0.317. The minimum Gasteiger partial charge on any atom is -0.370 e. The summed E-state index contributed by atoms with van der Waals surface area (Å²) in [5.41, 5.74) is 5.85. The molecular weight excluding hydrogens is 220 g/mol. The molecule has 2 fully saturated rings. The molecule has 6 heteroatoms. The van der Waals surface area contributed by atoms with Crippen molar-refractivity contribution in [2.45, 2.75) is 38.1 Å². The van der Waals surface area contributed by atoms with Crippen molar-refractivity contribution >= 4 is 17.8 Å². The smallest absolute Gasteiger partial charge is 0.246 e. The molecule has 94 valence electrons. The molecule has 6 nitrogen and oxygen atoms in total. The van der Waals surface area contributed by atoms with Crippen LogP contribution in [0.3, 0.4) is 0 Å². The van der Waals surface area contributed by atoms with Crippen LogP contribution in [0.4, 0.5) is 0 Å². The van der Waals surface area contributed by atoms with Crippen LogP contribution in [0.15, 0.2) is 4.99 Å². The van der Waals surface area contributed by atoms with E-state index in [0.29, 0.717) is 5.96 Å². The molecule has 0 atom stereocenters. The predicted octanol–water partition coefficient (Wildman–Crippen LogP) is -0.408. The van der Waals surface area contributed by atoms with E-state index in [-0.39, 0.29) is 30.9 Å². The van der Waals surface area contributed by atoms with Crippen molar-refractivity contribution in [2.75, 3.05) is 13.1 Å². The molecule has 0 radical (unpaired) electrons. The van der Waals surface area contributed by atoms with Crippen molar-refractivity contribution in [3.8, 4) is 0 Å². The first kappa shape index (κ1) is 11.9. The summed E-state index contributed by atoms with van der Waals surface area (Å²) in [5.74, 6) is -0.314. The van der Waals surface area contributed by atoms with Crippen LogP contribution in [-0.4, -0.2) is 41.8 Å². The number of nitrogens with one attached hydrogen (secondary N) is 1. The molecule has 0 bridgehead atoms. The quantitative estimate of drug-likeness (QED) is 0.369. The number of hydrogen-bond donors (Lipinski definition) is 2. The number of carbonyl (C=O) groups excluding carboxylic acids is 2. The summed E-state index contributed by atoms with van der Waals surface area (Å²) in [5, 5.41) is 2.24. The lowest BCUT2D eigenvalue weighted by Crippen LogP contribution is -2.55. The van der Waals surface area contributed by atoms with Gasteiger partial charge in [-0.05, 0) is 12.8 Å². The second kappa shape index (κ2) is 5.16. The van der Waals surface area contributed by atoms with Crippen LogP contribution in [0.2, 0.25) is 0 Å². The molecule has 2 aliphatic rings. The Balaban J connectivity index is 1.97. The molecule has 0 aromatic rings. The molecule has 3 N–H and O–H groups in total. The maximum Gasteiger partial charge on any atom is 0.246 e. The molecule has 0 spiro atoms. The van der Waals surface area contributed by atoms with Crippen molar-refractivity contribution in [1.29, 1.82) is 0 Å². The highest BCUT2D eigenvalue weighted by molar-refractivity contribution is 6.02. The number of aliphatic imine (C=N–C) groups is 1. The molecule has 0 unspecified atom stereocenters. The summed E-state index contributed by atoms with van der Waals surface area (Å²) in [4.78, 5) is 28.3. The second-order valence-corrected chi connectivity index (χ2v) is 4.61. The van der Waals surface area contributed by atoms with Gasteiger partial charge in [0, 0.05) is 0 Å². The molecule has 1 saturated carbocycles. The van der Waals surface area contributed by atoms with Crippen molar-refractivity contribution in [3.05, 3.63) is 0 Å². The van der Waals surface area contributed by atoms with Gasteiger partial charge in [0.05, 0.1) is 6.04 Å². The zero-order chi connectivity index (χ0) is 12.3. The highest BCUT2D eigenvalue weighted by Crippen LogP contribution is 2.20. The number of hydrogen-bond acceptors (Lipinski definition) is 3. The Bertz CT molecular complexity index is 331. The first-order chi connectivity index (χ1) is 8.15. The lowest BCUT2D eigenvalue weighted by Gasteiger charge is -2.27. The Labute approximate surface area is 100 Å². The van der Waals surface area contributed by atoms with Gasteiger partial charge in [-0.25, -0.2) is 4.99 Å². The van der Waals surface area contributed by atoms with E-state index in [0.717, 1.165) is 12.8 Å². The Hall–Kier alpha value is -1.59. The molecule has 1 aliphatic carbocycles. The fourth-order valence-corrected chi connectivity index (χ4v) is 2.28. The first-order valence-corrected chi connectivity index (χ1v) is 6.06. The van der Waals surface area contributed by atoms with Crippen LogP contribution in [0.1, 0.15) is 32.1 Å². The fourth-order valence-electron chi connectivity index (χ4n) is 2.28. The van der Waals surface area contributed by atoms with E-state index < -0.39 is 0 Å². The number of imide groups is 1. The van der Waals surface area contributed by atoms with Gasteiger partial charge in [-0.2, -0.15) is 0 Å². The molecule has 2 amide bonds. The summed E-state index contributed by atoms with van der Waals surface area (Å²) in [7, 11) is 0. The predicted molar refractivity (Wildman–Crippen MR) is 63.2 cm³/mol. The van der Waals surface area contributed by atoms with Gasteiger partial charge in [0.15, 0.2) is 5.96 Å². The molecule has 17 heavy (non-hydrogen) atoms. The number of nitrogens with two attached hydrogens (primary N) is 1. The lowest BCUT2D eigenvalue weighted by atomic mass is 9.96. The summed E-state index contributed by atoms with van der Waals surface area (Å²) in [6.45, 7) is 0.238. The highest BCUT2D eigenvalue weighted by atomic mass is 16.2. The Kier molecular flexibility index (Phi) is 3.61. The monoisotopic (exact) mass is 238 g/mol. The minimum absolute atomic E-state index is 0.119.